The van der Waals surface area contributed by atoms with Crippen LogP contribution in [-0.4, -0.2) is 35.1 Å². The lowest BCUT2D eigenvalue weighted by molar-refractivity contribution is 0.0696. The lowest BCUT2D eigenvalue weighted by atomic mass is 10.0. The summed E-state index contributed by atoms with van der Waals surface area (Å²) in [5, 5.41) is 12.3. The van der Waals surface area contributed by atoms with Crippen molar-refractivity contribution in [3.63, 3.8) is 0 Å². The lowest BCUT2D eigenvalue weighted by Crippen LogP contribution is -2.26. The quantitative estimate of drug-likeness (QED) is 0.410. The van der Waals surface area contributed by atoms with E-state index in [1.54, 1.807) is 30.3 Å². The highest BCUT2D eigenvalue weighted by molar-refractivity contribution is 6.30. The van der Waals surface area contributed by atoms with E-state index in [4.69, 9.17) is 21.4 Å². The van der Waals surface area contributed by atoms with Gasteiger partial charge in [0.05, 0.1) is 17.2 Å². The summed E-state index contributed by atoms with van der Waals surface area (Å²) < 4.78 is 5.63. The van der Waals surface area contributed by atoms with Crippen molar-refractivity contribution in [1.29, 1.82) is 0 Å². The van der Waals surface area contributed by atoms with E-state index in [0.29, 0.717) is 36.0 Å². The minimum atomic E-state index is -0.942. The molecule has 0 saturated heterocycles. The number of aromatic carboxylic acids is 1. The number of rotatable bonds is 10. The number of carboxylic acids is 1. The maximum atomic E-state index is 12.6. The fourth-order valence-electron chi connectivity index (χ4n) is 3.10. The van der Waals surface area contributed by atoms with Gasteiger partial charge in [0.1, 0.15) is 5.56 Å². The number of ether oxygens (including phenoxy) is 1. The van der Waals surface area contributed by atoms with Crippen LogP contribution in [0.4, 0.5) is 0 Å². The van der Waals surface area contributed by atoms with Gasteiger partial charge in [0.15, 0.2) is 0 Å². The average molecular weight is 453 g/mol. The largest absolute Gasteiger partial charge is 0.478 e. The Morgan fingerprint density at radius 3 is 2.34 bits per heavy atom. The highest BCUT2D eigenvalue weighted by Gasteiger charge is 2.15. The van der Waals surface area contributed by atoms with E-state index in [1.807, 2.05) is 24.3 Å². The van der Waals surface area contributed by atoms with Crippen LogP contribution < -0.4 is 10.1 Å². The minimum Gasteiger partial charge on any atom is -0.478 e. The third-order valence-corrected chi connectivity index (χ3v) is 5.12. The Kier molecular flexibility index (Phi) is 8.22. The number of carbonyl (C=O) groups is 2. The smallest absolute Gasteiger partial charge is 0.335 e. The molecule has 3 rings (SSSR count). The molecule has 0 aliphatic carbocycles. The summed E-state index contributed by atoms with van der Waals surface area (Å²) in [6.07, 6.45) is 3.99. The van der Waals surface area contributed by atoms with Gasteiger partial charge in [-0.1, -0.05) is 61.3 Å². The van der Waals surface area contributed by atoms with E-state index < -0.39 is 5.97 Å². The number of hydrogen-bond donors (Lipinski definition) is 2. The molecule has 0 fully saturated rings. The van der Waals surface area contributed by atoms with E-state index >= 15 is 0 Å². The molecule has 6 nitrogen and oxygen atoms in total. The second kappa shape index (κ2) is 11.3. The molecule has 0 radical (unpaired) electrons. The molecular weight excluding hydrogens is 428 g/mol. The van der Waals surface area contributed by atoms with Gasteiger partial charge in [-0.2, -0.15) is 0 Å². The maximum Gasteiger partial charge on any atom is 0.335 e. The first-order valence-corrected chi connectivity index (χ1v) is 10.8. The number of pyridine rings is 1. The molecule has 3 aromatic rings. The predicted octanol–water partition coefficient (Wildman–Crippen LogP) is 5.25. The zero-order valence-electron chi connectivity index (χ0n) is 17.8. The molecule has 1 amide bonds. The Morgan fingerprint density at radius 1 is 1.06 bits per heavy atom. The molecule has 2 aromatic carbocycles. The summed E-state index contributed by atoms with van der Waals surface area (Å²) >= 11 is 6.01. The van der Waals surface area contributed by atoms with Crippen LogP contribution in [0.5, 0.6) is 5.88 Å². The molecule has 0 unspecified atom stereocenters. The van der Waals surface area contributed by atoms with Crippen molar-refractivity contribution in [2.45, 2.75) is 26.2 Å². The van der Waals surface area contributed by atoms with Gasteiger partial charge in [-0.15, -0.1) is 0 Å². The number of carboxylic acid groups (broad SMARTS) is 1. The van der Waals surface area contributed by atoms with Gasteiger partial charge in [0.2, 0.25) is 5.88 Å². The molecule has 1 aromatic heterocycles. The summed E-state index contributed by atoms with van der Waals surface area (Å²) in [6.45, 7) is 3.01. The van der Waals surface area contributed by atoms with E-state index in [1.165, 1.54) is 6.20 Å². The van der Waals surface area contributed by atoms with Gasteiger partial charge in [0.25, 0.3) is 5.91 Å². The molecule has 0 atom stereocenters. The number of unbranched alkanes of at least 4 members (excludes halogenated alkanes) is 1. The van der Waals surface area contributed by atoms with Gasteiger partial charge >= 0.3 is 5.97 Å². The number of nitrogens with one attached hydrogen (secondary N) is 1. The van der Waals surface area contributed by atoms with Crippen molar-refractivity contribution in [2.75, 3.05) is 13.2 Å². The van der Waals surface area contributed by atoms with Crippen LogP contribution in [0.1, 0.15) is 46.0 Å². The Labute approximate surface area is 192 Å². The van der Waals surface area contributed by atoms with Crippen LogP contribution in [0, 0.1) is 0 Å². The SMILES string of the molecule is CCCCOc1ncc(Cl)cc1C(=O)NCCc1ccc(-c2ccc(C(=O)O)cc2)cc1. The predicted molar refractivity (Wildman–Crippen MR) is 125 cm³/mol. The summed E-state index contributed by atoms with van der Waals surface area (Å²) in [5.74, 6) is -0.928. The highest BCUT2D eigenvalue weighted by atomic mass is 35.5. The third kappa shape index (κ3) is 6.31. The third-order valence-electron chi connectivity index (χ3n) is 4.92. The van der Waals surface area contributed by atoms with Crippen LogP contribution >= 0.6 is 11.6 Å². The Balaban J connectivity index is 1.57. The number of hydrogen-bond acceptors (Lipinski definition) is 4. The molecule has 0 bridgehead atoms. The number of halogens is 1. The van der Waals surface area contributed by atoms with Crippen LogP contribution in [0.3, 0.4) is 0 Å². The molecular formula is C25H25ClN2O4. The molecule has 0 spiro atoms. The zero-order chi connectivity index (χ0) is 22.9. The van der Waals surface area contributed by atoms with E-state index in [0.717, 1.165) is 29.5 Å². The van der Waals surface area contributed by atoms with Gasteiger partial charge in [0, 0.05) is 12.7 Å². The van der Waals surface area contributed by atoms with Crippen LogP contribution in [0.15, 0.2) is 60.8 Å². The molecule has 0 aliphatic rings. The summed E-state index contributed by atoms with van der Waals surface area (Å²) in [6, 6.07) is 16.3. The van der Waals surface area contributed by atoms with Crippen LogP contribution in [0.25, 0.3) is 11.1 Å². The van der Waals surface area contributed by atoms with Crippen molar-refractivity contribution >= 4 is 23.5 Å². The normalized spacial score (nSPS) is 10.6. The fourth-order valence-corrected chi connectivity index (χ4v) is 3.26. The Hall–Kier alpha value is -3.38. The van der Waals surface area contributed by atoms with Gasteiger partial charge < -0.3 is 15.2 Å². The van der Waals surface area contributed by atoms with Crippen molar-refractivity contribution in [1.82, 2.24) is 10.3 Å². The van der Waals surface area contributed by atoms with Gasteiger partial charge in [-0.25, -0.2) is 9.78 Å². The van der Waals surface area contributed by atoms with Crippen molar-refractivity contribution in [2.24, 2.45) is 0 Å². The van der Waals surface area contributed by atoms with Crippen molar-refractivity contribution in [3.8, 4) is 17.0 Å². The highest BCUT2D eigenvalue weighted by Crippen LogP contribution is 2.22. The number of nitrogens with zero attached hydrogens (tertiary/aromatic N) is 1. The maximum absolute atomic E-state index is 12.6. The second-order valence-corrected chi connectivity index (χ2v) is 7.73. The Morgan fingerprint density at radius 2 is 1.72 bits per heavy atom. The van der Waals surface area contributed by atoms with E-state index in [-0.39, 0.29) is 11.5 Å². The first-order valence-electron chi connectivity index (χ1n) is 10.5. The molecule has 2 N–H and O–H groups in total. The fraction of sp³-hybridized carbons (Fsp3) is 0.240. The topological polar surface area (TPSA) is 88.5 Å². The second-order valence-electron chi connectivity index (χ2n) is 7.29. The number of amides is 1. The number of carbonyl (C=O) groups excluding carboxylic acids is 1. The molecule has 32 heavy (non-hydrogen) atoms. The first-order chi connectivity index (χ1) is 15.5. The number of benzene rings is 2. The molecule has 1 heterocycles. The van der Waals surface area contributed by atoms with E-state index in [9.17, 15) is 9.59 Å². The molecule has 0 saturated carbocycles. The molecule has 0 aliphatic heterocycles. The zero-order valence-corrected chi connectivity index (χ0v) is 18.6. The molecule has 7 heteroatoms. The van der Waals surface area contributed by atoms with Crippen molar-refractivity contribution in [3.05, 3.63) is 82.5 Å². The first kappa shape index (κ1) is 23.3. The van der Waals surface area contributed by atoms with Crippen LogP contribution in [-0.2, 0) is 6.42 Å². The molecule has 166 valence electrons. The summed E-state index contributed by atoms with van der Waals surface area (Å²) in [7, 11) is 0. The standard InChI is InChI=1S/C25H25ClN2O4/c1-2-3-14-32-24-22(15-21(26)16-28-24)23(29)27-13-12-17-4-6-18(7-5-17)19-8-10-20(11-9-19)25(30)31/h4-11,15-16H,2-3,12-14H2,1H3,(H,27,29)(H,30,31). The van der Waals surface area contributed by atoms with E-state index in [2.05, 4.69) is 17.2 Å². The average Bonchev–Trinajstić information content (AvgIpc) is 2.80. The summed E-state index contributed by atoms with van der Waals surface area (Å²) in [5.41, 5.74) is 3.59. The van der Waals surface area contributed by atoms with Crippen molar-refractivity contribution < 1.29 is 19.4 Å². The van der Waals surface area contributed by atoms with Gasteiger partial charge in [-0.3, -0.25) is 4.79 Å². The minimum absolute atomic E-state index is 0.259. The monoisotopic (exact) mass is 452 g/mol. The summed E-state index contributed by atoms with van der Waals surface area (Å²) in [4.78, 5) is 27.7. The van der Waals surface area contributed by atoms with Gasteiger partial charge in [-0.05, 0) is 47.7 Å². The Bertz CT molecular complexity index is 1070. The lowest BCUT2D eigenvalue weighted by Gasteiger charge is -2.11. The van der Waals surface area contributed by atoms with Crippen LogP contribution in [0.2, 0.25) is 5.02 Å². The number of aromatic nitrogens is 1.